The van der Waals surface area contributed by atoms with Gasteiger partial charge in [0, 0.05) is 23.0 Å². The summed E-state index contributed by atoms with van der Waals surface area (Å²) in [7, 11) is 0. The molecule has 2 N–H and O–H groups in total. The van der Waals surface area contributed by atoms with Crippen molar-refractivity contribution >= 4 is 15.9 Å². The molecule has 1 aliphatic carbocycles. The highest BCUT2D eigenvalue weighted by molar-refractivity contribution is 9.09. The Labute approximate surface area is 94.0 Å². The lowest BCUT2D eigenvalue weighted by molar-refractivity contribution is 0.244. The molecule has 2 unspecified atom stereocenters. The normalized spacial score (nSPS) is 33.3. The van der Waals surface area contributed by atoms with Gasteiger partial charge < -0.3 is 5.73 Å². The monoisotopic (exact) mass is 256 g/mol. The van der Waals surface area contributed by atoms with E-state index in [0.717, 1.165) is 18.8 Å². The Balaban J connectivity index is 2.21. The molecule has 2 atom stereocenters. The second-order valence-electron chi connectivity index (χ2n) is 4.05. The fourth-order valence-electron chi connectivity index (χ4n) is 2.30. The van der Waals surface area contributed by atoms with Gasteiger partial charge in [-0.3, -0.25) is 4.90 Å². The summed E-state index contributed by atoms with van der Waals surface area (Å²) in [4.78, 5) is 2.95. The van der Waals surface area contributed by atoms with Gasteiger partial charge in [-0.1, -0.05) is 28.9 Å². The number of fused-ring (bicyclic) bond motifs is 1. The first kappa shape index (κ1) is 10.2. The van der Waals surface area contributed by atoms with Crippen LogP contribution in [0, 0.1) is 5.92 Å². The van der Waals surface area contributed by atoms with Gasteiger partial charge in [0.2, 0.25) is 0 Å². The van der Waals surface area contributed by atoms with Crippen LogP contribution < -0.4 is 5.73 Å². The average molecular weight is 257 g/mol. The molecule has 0 aromatic carbocycles. The van der Waals surface area contributed by atoms with E-state index in [-0.39, 0.29) is 0 Å². The van der Waals surface area contributed by atoms with Crippen LogP contribution >= 0.6 is 15.9 Å². The van der Waals surface area contributed by atoms with Crippen molar-refractivity contribution in [1.82, 2.24) is 4.90 Å². The molecule has 0 radical (unpaired) electrons. The third-order valence-electron chi connectivity index (χ3n) is 3.26. The van der Waals surface area contributed by atoms with Gasteiger partial charge >= 0.3 is 0 Å². The number of nitrogens with zero attached hydrogens (tertiary/aromatic N) is 1. The van der Waals surface area contributed by atoms with Gasteiger partial charge in [-0.2, -0.15) is 0 Å². The number of likely N-dealkylation sites (tertiary alicyclic amines) is 1. The summed E-state index contributed by atoms with van der Waals surface area (Å²) in [6, 6.07) is 0. The molecule has 0 spiro atoms. The molecular formula is C11H17BrN2. The van der Waals surface area contributed by atoms with Crippen molar-refractivity contribution in [3.8, 4) is 0 Å². The zero-order valence-corrected chi connectivity index (χ0v) is 10.1. The van der Waals surface area contributed by atoms with E-state index in [2.05, 4.69) is 33.8 Å². The first-order chi connectivity index (χ1) is 6.72. The van der Waals surface area contributed by atoms with E-state index in [0.29, 0.717) is 10.7 Å². The molecule has 3 heteroatoms. The Kier molecular flexibility index (Phi) is 2.98. The van der Waals surface area contributed by atoms with Crippen molar-refractivity contribution < 1.29 is 0 Å². The minimum atomic E-state index is 0.490. The fraction of sp³-hybridized carbons (Fsp3) is 0.636. The number of alkyl halides is 1. The zero-order chi connectivity index (χ0) is 10.1. The van der Waals surface area contributed by atoms with E-state index in [1.54, 1.807) is 0 Å². The number of hydrogen-bond acceptors (Lipinski definition) is 2. The fourth-order valence-corrected chi connectivity index (χ4v) is 3.03. The molecule has 0 bridgehead atoms. The van der Waals surface area contributed by atoms with Crippen molar-refractivity contribution in [3.05, 3.63) is 23.4 Å². The molecule has 2 rings (SSSR count). The van der Waals surface area contributed by atoms with Crippen molar-refractivity contribution in [2.24, 2.45) is 11.7 Å². The van der Waals surface area contributed by atoms with Crippen LogP contribution in [0.5, 0.6) is 0 Å². The van der Waals surface area contributed by atoms with E-state index in [1.807, 2.05) is 6.08 Å². The molecule has 0 amide bonds. The average Bonchev–Trinajstić information content (AvgIpc) is 2.23. The molecule has 14 heavy (non-hydrogen) atoms. The van der Waals surface area contributed by atoms with E-state index in [4.69, 9.17) is 5.73 Å². The SMILES string of the molecule is CCN1CCC2C(=C(N)C=CC2Br)C1. The Morgan fingerprint density at radius 2 is 2.43 bits per heavy atom. The Bertz CT molecular complexity index is 283. The molecule has 1 saturated heterocycles. The number of likely N-dealkylation sites (N-methyl/N-ethyl adjacent to an activating group) is 1. The lowest BCUT2D eigenvalue weighted by Crippen LogP contribution is -2.40. The molecule has 0 aromatic rings. The summed E-state index contributed by atoms with van der Waals surface area (Å²) in [5.41, 5.74) is 8.44. The predicted octanol–water partition coefficient (Wildman–Crippen LogP) is 1.87. The van der Waals surface area contributed by atoms with Gasteiger partial charge in [0.1, 0.15) is 0 Å². The van der Waals surface area contributed by atoms with Crippen molar-refractivity contribution in [3.63, 3.8) is 0 Å². The summed E-state index contributed by atoms with van der Waals surface area (Å²) in [5.74, 6) is 0.628. The minimum absolute atomic E-state index is 0.490. The molecular weight excluding hydrogens is 240 g/mol. The molecule has 0 saturated carbocycles. The molecule has 1 fully saturated rings. The van der Waals surface area contributed by atoms with Crippen molar-refractivity contribution in [2.75, 3.05) is 19.6 Å². The smallest absolute Gasteiger partial charge is 0.0396 e. The maximum Gasteiger partial charge on any atom is 0.0396 e. The van der Waals surface area contributed by atoms with Gasteiger partial charge in [-0.25, -0.2) is 0 Å². The van der Waals surface area contributed by atoms with Gasteiger partial charge in [0.05, 0.1) is 0 Å². The number of piperidine rings is 1. The van der Waals surface area contributed by atoms with Crippen LogP contribution in [0.3, 0.4) is 0 Å². The Morgan fingerprint density at radius 3 is 3.14 bits per heavy atom. The molecule has 1 aliphatic heterocycles. The number of hydrogen-bond donors (Lipinski definition) is 1. The first-order valence-corrected chi connectivity index (χ1v) is 6.17. The van der Waals surface area contributed by atoms with Crippen LogP contribution in [-0.2, 0) is 0 Å². The summed E-state index contributed by atoms with van der Waals surface area (Å²) < 4.78 is 0. The summed E-state index contributed by atoms with van der Waals surface area (Å²) in [5, 5.41) is 0. The number of rotatable bonds is 1. The lowest BCUT2D eigenvalue weighted by atomic mass is 9.84. The summed E-state index contributed by atoms with van der Waals surface area (Å²) >= 11 is 3.70. The van der Waals surface area contributed by atoms with Crippen LogP contribution in [0.25, 0.3) is 0 Å². The van der Waals surface area contributed by atoms with Crippen molar-refractivity contribution in [1.29, 1.82) is 0 Å². The van der Waals surface area contributed by atoms with Crippen LogP contribution in [-0.4, -0.2) is 29.4 Å². The highest BCUT2D eigenvalue weighted by atomic mass is 79.9. The van der Waals surface area contributed by atoms with Crippen LogP contribution in [0.2, 0.25) is 0 Å². The second-order valence-corrected chi connectivity index (χ2v) is 5.11. The standard InChI is InChI=1S/C11H17BrN2/c1-2-14-6-5-8-9(7-14)11(13)4-3-10(8)12/h3-4,8,10H,2,5-7,13H2,1H3. The summed E-state index contributed by atoms with van der Waals surface area (Å²) in [6.45, 7) is 5.59. The molecule has 78 valence electrons. The number of halogens is 1. The Hall–Kier alpha value is -0.280. The highest BCUT2D eigenvalue weighted by Crippen LogP contribution is 2.34. The minimum Gasteiger partial charge on any atom is -0.399 e. The van der Waals surface area contributed by atoms with E-state index < -0.39 is 0 Å². The lowest BCUT2D eigenvalue weighted by Gasteiger charge is -2.37. The van der Waals surface area contributed by atoms with E-state index in [1.165, 1.54) is 18.5 Å². The highest BCUT2D eigenvalue weighted by Gasteiger charge is 2.30. The number of nitrogens with two attached hydrogens (primary N) is 1. The molecule has 2 aliphatic rings. The van der Waals surface area contributed by atoms with Crippen LogP contribution in [0.15, 0.2) is 23.4 Å². The van der Waals surface area contributed by atoms with Gasteiger partial charge in [-0.15, -0.1) is 0 Å². The summed E-state index contributed by atoms with van der Waals surface area (Å²) in [6.07, 6.45) is 5.44. The first-order valence-electron chi connectivity index (χ1n) is 5.25. The van der Waals surface area contributed by atoms with Gasteiger partial charge in [0.25, 0.3) is 0 Å². The zero-order valence-electron chi connectivity index (χ0n) is 8.54. The number of allylic oxidation sites excluding steroid dienone is 2. The molecule has 1 heterocycles. The van der Waals surface area contributed by atoms with Gasteiger partial charge in [-0.05, 0) is 31.2 Å². The largest absolute Gasteiger partial charge is 0.399 e. The maximum atomic E-state index is 6.01. The van der Waals surface area contributed by atoms with E-state index in [9.17, 15) is 0 Å². The van der Waals surface area contributed by atoms with Crippen LogP contribution in [0.1, 0.15) is 13.3 Å². The predicted molar refractivity (Wildman–Crippen MR) is 63.3 cm³/mol. The third kappa shape index (κ3) is 1.75. The Morgan fingerprint density at radius 1 is 1.64 bits per heavy atom. The quantitative estimate of drug-likeness (QED) is 0.727. The molecule has 2 nitrogen and oxygen atoms in total. The second kappa shape index (κ2) is 4.07. The third-order valence-corrected chi connectivity index (χ3v) is 4.20. The van der Waals surface area contributed by atoms with Gasteiger partial charge in [0.15, 0.2) is 0 Å². The van der Waals surface area contributed by atoms with Crippen LogP contribution in [0.4, 0.5) is 0 Å². The van der Waals surface area contributed by atoms with Crippen molar-refractivity contribution in [2.45, 2.75) is 18.2 Å². The topological polar surface area (TPSA) is 29.3 Å². The maximum absolute atomic E-state index is 6.01. The van der Waals surface area contributed by atoms with E-state index >= 15 is 0 Å². The molecule has 0 aromatic heterocycles.